The first kappa shape index (κ1) is 15.4. The molecule has 0 radical (unpaired) electrons. The highest BCUT2D eigenvalue weighted by Crippen LogP contribution is 2.24. The molecule has 0 heterocycles. The number of ether oxygens (including phenoxy) is 2. The van der Waals surface area contributed by atoms with E-state index in [1.165, 1.54) is 0 Å². The summed E-state index contributed by atoms with van der Waals surface area (Å²) in [6.45, 7) is 4.93. The molecule has 2 N–H and O–H groups in total. The highest BCUT2D eigenvalue weighted by Gasteiger charge is 2.23. The van der Waals surface area contributed by atoms with Crippen LogP contribution in [0.3, 0.4) is 0 Å². The molecule has 1 aliphatic carbocycles. The SMILES string of the molecule is CCC(C)OC1CCC(OCCCC(N)=O)CC1. The summed E-state index contributed by atoms with van der Waals surface area (Å²) in [6, 6.07) is 0. The van der Waals surface area contributed by atoms with Gasteiger partial charge in [0.2, 0.25) is 5.91 Å². The van der Waals surface area contributed by atoms with Crippen molar-refractivity contribution in [3.8, 4) is 0 Å². The molecular weight excluding hydrogens is 230 g/mol. The number of nitrogens with two attached hydrogens (primary N) is 1. The summed E-state index contributed by atoms with van der Waals surface area (Å²) in [4.78, 5) is 10.6. The molecule has 4 nitrogen and oxygen atoms in total. The van der Waals surface area contributed by atoms with E-state index < -0.39 is 0 Å². The molecule has 0 aromatic heterocycles. The first-order valence-electron chi connectivity index (χ1n) is 7.17. The van der Waals surface area contributed by atoms with Crippen LogP contribution in [0.15, 0.2) is 0 Å². The average molecular weight is 257 g/mol. The van der Waals surface area contributed by atoms with E-state index in [0.717, 1.165) is 38.5 Å². The first-order valence-corrected chi connectivity index (χ1v) is 7.17. The van der Waals surface area contributed by atoms with Crippen molar-refractivity contribution >= 4 is 5.91 Å². The smallest absolute Gasteiger partial charge is 0.217 e. The minimum absolute atomic E-state index is 0.246. The van der Waals surface area contributed by atoms with E-state index in [1.807, 2.05) is 0 Å². The van der Waals surface area contributed by atoms with E-state index in [1.54, 1.807) is 0 Å². The number of hydrogen-bond donors (Lipinski definition) is 1. The van der Waals surface area contributed by atoms with Gasteiger partial charge in [-0.2, -0.15) is 0 Å². The Labute approximate surface area is 110 Å². The van der Waals surface area contributed by atoms with Crippen LogP contribution in [-0.2, 0) is 14.3 Å². The maximum atomic E-state index is 10.6. The summed E-state index contributed by atoms with van der Waals surface area (Å²) in [6.07, 6.45) is 7.66. The van der Waals surface area contributed by atoms with E-state index in [9.17, 15) is 4.79 Å². The number of carbonyl (C=O) groups excluding carboxylic acids is 1. The molecule has 1 saturated carbocycles. The third-order valence-corrected chi connectivity index (χ3v) is 3.54. The third kappa shape index (κ3) is 6.36. The summed E-state index contributed by atoms with van der Waals surface area (Å²) in [5.74, 6) is -0.246. The van der Waals surface area contributed by atoms with Crippen LogP contribution >= 0.6 is 0 Å². The van der Waals surface area contributed by atoms with E-state index in [4.69, 9.17) is 15.2 Å². The standard InChI is InChI=1S/C14H27NO3/c1-3-11(2)18-13-8-6-12(7-9-13)17-10-4-5-14(15)16/h11-13H,3-10H2,1-2H3,(H2,15,16). The Hall–Kier alpha value is -0.610. The number of rotatable bonds is 8. The van der Waals surface area contributed by atoms with Crippen LogP contribution in [0.4, 0.5) is 0 Å². The second-order valence-corrected chi connectivity index (χ2v) is 5.19. The van der Waals surface area contributed by atoms with Crippen molar-refractivity contribution in [1.82, 2.24) is 0 Å². The Morgan fingerprint density at radius 2 is 1.89 bits per heavy atom. The Morgan fingerprint density at radius 3 is 2.44 bits per heavy atom. The van der Waals surface area contributed by atoms with Gasteiger partial charge in [0.25, 0.3) is 0 Å². The van der Waals surface area contributed by atoms with Crippen LogP contribution in [0.25, 0.3) is 0 Å². The second-order valence-electron chi connectivity index (χ2n) is 5.19. The van der Waals surface area contributed by atoms with Gasteiger partial charge >= 0.3 is 0 Å². The topological polar surface area (TPSA) is 61.6 Å². The van der Waals surface area contributed by atoms with Gasteiger partial charge in [0.05, 0.1) is 18.3 Å². The zero-order valence-corrected chi connectivity index (χ0v) is 11.7. The molecular formula is C14H27NO3. The minimum atomic E-state index is -0.246. The Kier molecular flexibility index (Phi) is 7.28. The molecule has 106 valence electrons. The van der Waals surface area contributed by atoms with Crippen molar-refractivity contribution < 1.29 is 14.3 Å². The zero-order chi connectivity index (χ0) is 13.4. The molecule has 0 aromatic carbocycles. The molecule has 1 atom stereocenters. The summed E-state index contributed by atoms with van der Waals surface area (Å²) >= 11 is 0. The lowest BCUT2D eigenvalue weighted by Gasteiger charge is -2.30. The van der Waals surface area contributed by atoms with Crippen molar-refractivity contribution in [2.45, 2.75) is 77.1 Å². The maximum absolute atomic E-state index is 10.6. The van der Waals surface area contributed by atoms with Crippen LogP contribution in [0, 0.1) is 0 Å². The summed E-state index contributed by atoms with van der Waals surface area (Å²) in [7, 11) is 0. The molecule has 1 aliphatic rings. The predicted octanol–water partition coefficient (Wildman–Crippen LogP) is 2.39. The quantitative estimate of drug-likeness (QED) is 0.679. The van der Waals surface area contributed by atoms with Crippen molar-refractivity contribution in [3.05, 3.63) is 0 Å². The van der Waals surface area contributed by atoms with Gasteiger partial charge < -0.3 is 15.2 Å². The van der Waals surface area contributed by atoms with Gasteiger partial charge in [-0.1, -0.05) is 6.92 Å². The number of amides is 1. The molecule has 18 heavy (non-hydrogen) atoms. The summed E-state index contributed by atoms with van der Waals surface area (Å²) < 4.78 is 11.7. The monoisotopic (exact) mass is 257 g/mol. The lowest BCUT2D eigenvalue weighted by molar-refractivity contribution is -0.118. The second kappa shape index (κ2) is 8.48. The molecule has 1 rings (SSSR count). The zero-order valence-electron chi connectivity index (χ0n) is 11.7. The molecule has 1 fully saturated rings. The van der Waals surface area contributed by atoms with E-state index in [-0.39, 0.29) is 5.91 Å². The van der Waals surface area contributed by atoms with Gasteiger partial charge in [0.1, 0.15) is 0 Å². The minimum Gasteiger partial charge on any atom is -0.378 e. The normalized spacial score (nSPS) is 25.9. The van der Waals surface area contributed by atoms with Gasteiger partial charge in [-0.15, -0.1) is 0 Å². The third-order valence-electron chi connectivity index (χ3n) is 3.54. The van der Waals surface area contributed by atoms with Crippen LogP contribution < -0.4 is 5.73 Å². The van der Waals surface area contributed by atoms with Gasteiger partial charge in [-0.3, -0.25) is 4.79 Å². The lowest BCUT2D eigenvalue weighted by Crippen LogP contribution is -2.29. The van der Waals surface area contributed by atoms with E-state index in [0.29, 0.717) is 31.3 Å². The van der Waals surface area contributed by atoms with Crippen LogP contribution in [0.5, 0.6) is 0 Å². The highest BCUT2D eigenvalue weighted by molar-refractivity contribution is 5.73. The van der Waals surface area contributed by atoms with Gasteiger partial charge in [-0.25, -0.2) is 0 Å². The fourth-order valence-electron chi connectivity index (χ4n) is 2.26. The maximum Gasteiger partial charge on any atom is 0.217 e. The molecule has 0 spiro atoms. The van der Waals surface area contributed by atoms with Crippen molar-refractivity contribution in [2.75, 3.05) is 6.61 Å². The summed E-state index contributed by atoms with van der Waals surface area (Å²) in [5.41, 5.74) is 5.08. The van der Waals surface area contributed by atoms with Gasteiger partial charge in [0, 0.05) is 13.0 Å². The lowest BCUT2D eigenvalue weighted by atomic mass is 9.94. The van der Waals surface area contributed by atoms with Crippen LogP contribution in [-0.4, -0.2) is 30.8 Å². The molecule has 1 amide bonds. The molecule has 0 saturated heterocycles. The number of primary amides is 1. The van der Waals surface area contributed by atoms with Crippen LogP contribution in [0.2, 0.25) is 0 Å². The van der Waals surface area contributed by atoms with E-state index in [2.05, 4.69) is 13.8 Å². The predicted molar refractivity (Wildman–Crippen MR) is 71.3 cm³/mol. The molecule has 1 unspecified atom stereocenters. The molecule has 4 heteroatoms. The van der Waals surface area contributed by atoms with Crippen molar-refractivity contribution in [3.63, 3.8) is 0 Å². The molecule has 0 aromatic rings. The number of hydrogen-bond acceptors (Lipinski definition) is 3. The summed E-state index contributed by atoms with van der Waals surface area (Å²) in [5, 5.41) is 0. The fourth-order valence-corrected chi connectivity index (χ4v) is 2.26. The first-order chi connectivity index (χ1) is 8.61. The largest absolute Gasteiger partial charge is 0.378 e. The fraction of sp³-hybridized carbons (Fsp3) is 0.929. The Morgan fingerprint density at radius 1 is 1.28 bits per heavy atom. The van der Waals surface area contributed by atoms with Gasteiger partial charge in [-0.05, 0) is 45.4 Å². The van der Waals surface area contributed by atoms with E-state index >= 15 is 0 Å². The Bertz CT molecular complexity index is 237. The van der Waals surface area contributed by atoms with Crippen molar-refractivity contribution in [1.29, 1.82) is 0 Å². The number of carbonyl (C=O) groups is 1. The van der Waals surface area contributed by atoms with Gasteiger partial charge in [0.15, 0.2) is 0 Å². The molecule has 0 bridgehead atoms. The average Bonchev–Trinajstić information content (AvgIpc) is 2.36. The van der Waals surface area contributed by atoms with Crippen molar-refractivity contribution in [2.24, 2.45) is 5.73 Å². The Balaban J connectivity index is 2.06. The highest BCUT2D eigenvalue weighted by atomic mass is 16.5. The molecule has 0 aliphatic heterocycles. The van der Waals surface area contributed by atoms with Crippen LogP contribution in [0.1, 0.15) is 58.8 Å².